The molecule has 0 aromatic heterocycles. The van der Waals surface area contributed by atoms with E-state index in [9.17, 15) is 34.8 Å². The molecule has 4 aliphatic rings. The summed E-state index contributed by atoms with van der Waals surface area (Å²) in [6.07, 6.45) is 7.51. The van der Waals surface area contributed by atoms with E-state index in [0.29, 0.717) is 17.9 Å². The first-order valence-corrected chi connectivity index (χ1v) is 14.6. The molecule has 10 heteroatoms. The Morgan fingerprint density at radius 1 is 1.15 bits per heavy atom. The maximum atomic E-state index is 13.7. The van der Waals surface area contributed by atoms with Crippen molar-refractivity contribution in [1.29, 1.82) is 0 Å². The van der Waals surface area contributed by atoms with Crippen LogP contribution in [0.1, 0.15) is 75.0 Å². The highest BCUT2D eigenvalue weighted by Crippen LogP contribution is 2.53. The van der Waals surface area contributed by atoms with Crippen LogP contribution in [0.15, 0.2) is 23.0 Å². The second-order valence-corrected chi connectivity index (χ2v) is 12.0. The van der Waals surface area contributed by atoms with Gasteiger partial charge in [0.15, 0.2) is 11.4 Å². The Hall–Kier alpha value is -3.37. The number of Topliss-reactive ketones (excluding diaryl/α,β-unsaturated/α-hetero) is 2. The van der Waals surface area contributed by atoms with E-state index >= 15 is 0 Å². The number of amides is 1. The zero-order chi connectivity index (χ0) is 29.6. The molecular formula is C31H40N2O8. The number of ketones is 2. The Balaban J connectivity index is 1.50. The molecule has 0 radical (unpaired) electrons. The molecular weight excluding hydrogens is 528 g/mol. The molecule has 222 valence electrons. The molecule has 4 aliphatic carbocycles. The number of primary amides is 1. The van der Waals surface area contributed by atoms with Gasteiger partial charge in [-0.1, -0.05) is 39.0 Å². The molecule has 5 rings (SSSR count). The lowest BCUT2D eigenvalue weighted by Crippen LogP contribution is -2.58. The molecule has 0 heterocycles. The fourth-order valence-corrected chi connectivity index (χ4v) is 7.54. The minimum Gasteiger partial charge on any atom is -0.508 e. The standard InChI is InChI=1S/C31H40N2O8/c1-3-33(10-9-16-7-5-4-6-8-16)15-18-13-21(34)24-20(27(18)41-2)12-17-11-19-14-22(35)25(30(32)39)29(38)31(19,40)28(37)23(17)26(24)36/h13,16-17,19,34,36,38,40H,3-12,14-15H2,1-2H3,(H2,32,39)/t17?,19-,31-/m0/s1. The van der Waals surface area contributed by atoms with Crippen molar-refractivity contribution in [3.8, 4) is 11.5 Å². The van der Waals surface area contributed by atoms with Gasteiger partial charge >= 0.3 is 0 Å². The number of nitrogens with two attached hydrogens (primary N) is 1. The predicted molar refractivity (Wildman–Crippen MR) is 150 cm³/mol. The molecule has 0 bridgehead atoms. The number of benzene rings is 1. The lowest BCUT2D eigenvalue weighted by molar-refractivity contribution is -0.147. The number of methoxy groups -OCH3 is 1. The first-order valence-electron chi connectivity index (χ1n) is 14.6. The molecule has 0 aliphatic heterocycles. The fourth-order valence-electron chi connectivity index (χ4n) is 7.54. The lowest BCUT2D eigenvalue weighted by Gasteiger charge is -2.46. The summed E-state index contributed by atoms with van der Waals surface area (Å²) in [5.41, 5.74) is 3.08. The fraction of sp³-hybridized carbons (Fsp3) is 0.581. The van der Waals surface area contributed by atoms with Gasteiger partial charge in [0.25, 0.3) is 5.91 Å². The van der Waals surface area contributed by atoms with Crippen molar-refractivity contribution in [2.24, 2.45) is 23.5 Å². The van der Waals surface area contributed by atoms with Gasteiger partial charge in [0.1, 0.15) is 28.6 Å². The van der Waals surface area contributed by atoms with Crippen molar-refractivity contribution >= 4 is 23.2 Å². The smallest absolute Gasteiger partial charge is 0.255 e. The predicted octanol–water partition coefficient (Wildman–Crippen LogP) is 3.22. The van der Waals surface area contributed by atoms with Gasteiger partial charge in [0.05, 0.1) is 12.7 Å². The summed E-state index contributed by atoms with van der Waals surface area (Å²) in [6.45, 7) is 4.38. The van der Waals surface area contributed by atoms with E-state index < -0.39 is 52.0 Å². The molecule has 1 unspecified atom stereocenters. The van der Waals surface area contributed by atoms with Gasteiger partial charge in [0.2, 0.25) is 5.78 Å². The second kappa shape index (κ2) is 11.1. The SMILES string of the molecule is CCN(CCC1CCCCC1)Cc1cc(O)c2c(c1OC)CC1C[C@H]3CC(=O)C(C(N)=O)=C(O)[C@@]3(O)C(=O)C1=C2O. The number of rotatable bonds is 8. The number of hydrogen-bond donors (Lipinski definition) is 5. The maximum absolute atomic E-state index is 13.7. The summed E-state index contributed by atoms with van der Waals surface area (Å²) in [5, 5.41) is 44.6. The third-order valence-corrected chi connectivity index (χ3v) is 9.71. The van der Waals surface area contributed by atoms with Crippen LogP contribution >= 0.6 is 0 Å². The van der Waals surface area contributed by atoms with Crippen molar-refractivity contribution in [3.63, 3.8) is 0 Å². The molecule has 6 N–H and O–H groups in total. The first kappa shape index (κ1) is 29.1. The number of ether oxygens (including phenoxy) is 1. The minimum atomic E-state index is -2.57. The van der Waals surface area contributed by atoms with E-state index in [0.717, 1.165) is 31.0 Å². The summed E-state index contributed by atoms with van der Waals surface area (Å²) in [4.78, 5) is 40.4. The molecule has 1 aromatic rings. The Labute approximate surface area is 239 Å². The number of aromatic hydroxyl groups is 1. The number of carbonyl (C=O) groups excluding carboxylic acids is 3. The van der Waals surface area contributed by atoms with E-state index in [4.69, 9.17) is 10.5 Å². The van der Waals surface area contributed by atoms with Crippen LogP contribution in [0.5, 0.6) is 11.5 Å². The van der Waals surface area contributed by atoms with E-state index in [1.165, 1.54) is 39.2 Å². The Kier molecular flexibility index (Phi) is 7.91. The molecule has 1 aromatic carbocycles. The van der Waals surface area contributed by atoms with E-state index in [1.807, 2.05) is 0 Å². The van der Waals surface area contributed by atoms with Gasteiger partial charge in [-0.2, -0.15) is 0 Å². The number of fused-ring (bicyclic) bond motifs is 3. The molecule has 3 atom stereocenters. The molecule has 41 heavy (non-hydrogen) atoms. The van der Waals surface area contributed by atoms with Crippen LogP contribution in [0, 0.1) is 17.8 Å². The van der Waals surface area contributed by atoms with Crippen LogP contribution in [0.3, 0.4) is 0 Å². The van der Waals surface area contributed by atoms with Gasteiger partial charge in [0, 0.05) is 35.6 Å². The average molecular weight is 569 g/mol. The number of aliphatic hydroxyl groups excluding tert-OH is 2. The third kappa shape index (κ3) is 4.80. The largest absolute Gasteiger partial charge is 0.508 e. The number of nitrogens with zero attached hydrogens (tertiary/aromatic N) is 1. The highest BCUT2D eigenvalue weighted by molar-refractivity contribution is 6.22. The van der Waals surface area contributed by atoms with E-state index in [2.05, 4.69) is 11.8 Å². The quantitative estimate of drug-likeness (QED) is 0.295. The van der Waals surface area contributed by atoms with Crippen LogP contribution in [0.25, 0.3) is 5.76 Å². The van der Waals surface area contributed by atoms with E-state index in [1.54, 1.807) is 6.07 Å². The molecule has 2 saturated carbocycles. The molecule has 1 amide bonds. The van der Waals surface area contributed by atoms with Gasteiger partial charge in [-0.25, -0.2) is 0 Å². The number of phenolic OH excluding ortho intramolecular Hbond substituents is 1. The zero-order valence-corrected chi connectivity index (χ0v) is 23.7. The lowest BCUT2D eigenvalue weighted by atomic mass is 9.59. The Morgan fingerprint density at radius 3 is 2.49 bits per heavy atom. The van der Waals surface area contributed by atoms with E-state index in [-0.39, 0.29) is 36.1 Å². The monoisotopic (exact) mass is 568 g/mol. The van der Waals surface area contributed by atoms with Crippen molar-refractivity contribution in [2.75, 3.05) is 20.2 Å². The van der Waals surface area contributed by atoms with Gasteiger partial charge in [-0.15, -0.1) is 0 Å². The van der Waals surface area contributed by atoms with Crippen molar-refractivity contribution in [2.45, 2.75) is 76.9 Å². The number of hydrogen-bond acceptors (Lipinski definition) is 9. The summed E-state index contributed by atoms with van der Waals surface area (Å²) in [7, 11) is 1.53. The summed E-state index contributed by atoms with van der Waals surface area (Å²) < 4.78 is 5.84. The van der Waals surface area contributed by atoms with Crippen LogP contribution in [0.2, 0.25) is 0 Å². The maximum Gasteiger partial charge on any atom is 0.255 e. The molecule has 0 spiro atoms. The van der Waals surface area contributed by atoms with Gasteiger partial charge in [-0.05, 0) is 50.3 Å². The summed E-state index contributed by atoms with van der Waals surface area (Å²) >= 11 is 0. The normalized spacial score (nSPS) is 26.6. The average Bonchev–Trinajstić information content (AvgIpc) is 2.93. The number of carbonyl (C=O) groups is 3. The van der Waals surface area contributed by atoms with Crippen LogP contribution in [0.4, 0.5) is 0 Å². The summed E-state index contributed by atoms with van der Waals surface area (Å²) in [6, 6.07) is 1.55. The van der Waals surface area contributed by atoms with Crippen LogP contribution in [-0.2, 0) is 27.3 Å². The minimum absolute atomic E-state index is 0.0444. The number of phenols is 1. The van der Waals surface area contributed by atoms with Gasteiger partial charge in [-0.3, -0.25) is 19.3 Å². The molecule has 0 saturated heterocycles. The highest BCUT2D eigenvalue weighted by Gasteiger charge is 2.60. The Morgan fingerprint density at radius 2 is 1.85 bits per heavy atom. The van der Waals surface area contributed by atoms with Crippen molar-refractivity contribution in [1.82, 2.24) is 4.90 Å². The topological polar surface area (TPSA) is 171 Å². The summed E-state index contributed by atoms with van der Waals surface area (Å²) in [5.74, 6) is -5.15. The van der Waals surface area contributed by atoms with Crippen LogP contribution < -0.4 is 10.5 Å². The Bertz CT molecular complexity index is 1340. The molecule has 2 fully saturated rings. The zero-order valence-electron chi connectivity index (χ0n) is 23.7. The van der Waals surface area contributed by atoms with Crippen molar-refractivity contribution in [3.05, 3.63) is 39.7 Å². The number of aliphatic hydroxyl groups is 3. The first-order chi connectivity index (χ1) is 19.5. The second-order valence-electron chi connectivity index (χ2n) is 12.0. The van der Waals surface area contributed by atoms with Gasteiger partial charge < -0.3 is 30.9 Å². The van der Waals surface area contributed by atoms with Crippen LogP contribution in [-0.4, -0.2) is 68.6 Å². The third-order valence-electron chi connectivity index (χ3n) is 9.71. The van der Waals surface area contributed by atoms with Crippen molar-refractivity contribution < 1.29 is 39.5 Å². The molecule has 10 nitrogen and oxygen atoms in total. The highest BCUT2D eigenvalue weighted by atomic mass is 16.5.